The molecule has 7 heteroatoms. The highest BCUT2D eigenvalue weighted by atomic mass is 19.1. The van der Waals surface area contributed by atoms with Gasteiger partial charge in [-0.05, 0) is 97.8 Å². The first kappa shape index (κ1) is 37.2. The molecule has 0 saturated carbocycles. The number of aryl methyl sites for hydroxylation is 2. The minimum Gasteiger partial charge on any atom is -0.455 e. The van der Waals surface area contributed by atoms with Crippen LogP contribution in [0.3, 0.4) is 0 Å². The fourth-order valence-electron chi connectivity index (χ4n) is 9.99. The third-order valence-electron chi connectivity index (χ3n) is 13.0. The van der Waals surface area contributed by atoms with E-state index in [0.717, 1.165) is 133 Å². The molecule has 0 aliphatic carbocycles. The fourth-order valence-corrected chi connectivity index (χ4v) is 9.99. The molecule has 0 N–H and O–H groups in total. The first-order valence-corrected chi connectivity index (χ1v) is 21.6. The van der Waals surface area contributed by atoms with Crippen molar-refractivity contribution >= 4 is 121 Å². The van der Waals surface area contributed by atoms with Gasteiger partial charge in [-0.3, -0.25) is 0 Å². The molecule has 5 nitrogen and oxygen atoms in total. The number of benzene rings is 10. The third-order valence-corrected chi connectivity index (χ3v) is 13.0. The van der Waals surface area contributed by atoms with Crippen LogP contribution < -0.4 is 9.80 Å². The Morgan fingerprint density at radius 2 is 0.615 bits per heavy atom. The van der Waals surface area contributed by atoms with Crippen LogP contribution in [-0.2, 0) is 0 Å². The van der Waals surface area contributed by atoms with Crippen molar-refractivity contribution in [3.8, 4) is 0 Å². The molecule has 0 radical (unpaired) electrons. The minimum atomic E-state index is -0.328. The standard InChI is InChI=1S/C58H36F2N2O3/c1-33-11-7-17-43-45-19-9-21-49(57(45)63-53(33)43)61(37-27-23-35(59)24-28-37)51-31-47-48-32-52(40-14-4-6-16-42(40)56(48)65-55(47)41-15-5-3-13-39(41)51)62(38-29-25-36(60)26-30-38)50-22-10-20-46-44-18-8-12-34(2)54(44)64-58(46)50/h3-32H,1-2H3. The van der Waals surface area contributed by atoms with Crippen molar-refractivity contribution in [2.45, 2.75) is 13.8 Å². The van der Waals surface area contributed by atoms with E-state index < -0.39 is 0 Å². The van der Waals surface area contributed by atoms with E-state index in [0.29, 0.717) is 0 Å². The van der Waals surface area contributed by atoms with Gasteiger partial charge in [-0.1, -0.05) is 109 Å². The topological polar surface area (TPSA) is 45.9 Å². The van der Waals surface area contributed by atoms with Gasteiger partial charge in [0.25, 0.3) is 0 Å². The molecule has 65 heavy (non-hydrogen) atoms. The Bertz CT molecular complexity index is 3810. The monoisotopic (exact) mass is 846 g/mol. The summed E-state index contributed by atoms with van der Waals surface area (Å²) in [7, 11) is 0. The Kier molecular flexibility index (Phi) is 8.03. The third kappa shape index (κ3) is 5.55. The lowest BCUT2D eigenvalue weighted by molar-refractivity contribution is 0.627. The average Bonchev–Trinajstić information content (AvgIpc) is 4.04. The molecule has 0 aliphatic rings. The number of rotatable bonds is 6. The molecule has 0 amide bonds. The summed E-state index contributed by atoms with van der Waals surface area (Å²) in [6.07, 6.45) is 0. The zero-order chi connectivity index (χ0) is 43.5. The van der Waals surface area contributed by atoms with E-state index in [4.69, 9.17) is 13.3 Å². The van der Waals surface area contributed by atoms with Gasteiger partial charge in [-0.25, -0.2) is 8.78 Å². The second-order valence-electron chi connectivity index (χ2n) is 16.8. The number of furan rings is 3. The lowest BCUT2D eigenvalue weighted by atomic mass is 9.99. The molecule has 0 fully saturated rings. The van der Waals surface area contributed by atoms with E-state index in [1.807, 2.05) is 36.4 Å². The van der Waals surface area contributed by atoms with Gasteiger partial charge in [0, 0.05) is 65.2 Å². The summed E-state index contributed by atoms with van der Waals surface area (Å²) < 4.78 is 50.2. The van der Waals surface area contributed by atoms with Crippen molar-refractivity contribution in [1.29, 1.82) is 0 Å². The number of fused-ring (bicyclic) bond motifs is 13. The average molecular weight is 847 g/mol. The largest absolute Gasteiger partial charge is 0.455 e. The van der Waals surface area contributed by atoms with Crippen LogP contribution >= 0.6 is 0 Å². The molecule has 0 unspecified atom stereocenters. The van der Waals surface area contributed by atoms with Gasteiger partial charge in [-0.15, -0.1) is 0 Å². The lowest BCUT2D eigenvalue weighted by Gasteiger charge is -2.27. The van der Waals surface area contributed by atoms with E-state index in [1.54, 1.807) is 24.3 Å². The Hall–Kier alpha value is -8.42. The van der Waals surface area contributed by atoms with Gasteiger partial charge >= 0.3 is 0 Å². The summed E-state index contributed by atoms with van der Waals surface area (Å²) in [5, 5.41) is 9.52. The number of anilines is 6. The van der Waals surface area contributed by atoms with E-state index in [1.165, 1.54) is 24.3 Å². The quantitative estimate of drug-likeness (QED) is 0.167. The molecule has 310 valence electrons. The van der Waals surface area contributed by atoms with Gasteiger partial charge in [0.2, 0.25) is 0 Å². The predicted octanol–water partition coefficient (Wildman–Crippen LogP) is 17.5. The molecule has 0 bridgehead atoms. The molecule has 0 spiro atoms. The highest BCUT2D eigenvalue weighted by Gasteiger charge is 2.27. The van der Waals surface area contributed by atoms with Gasteiger partial charge in [0.15, 0.2) is 11.2 Å². The van der Waals surface area contributed by atoms with Crippen LogP contribution in [-0.4, -0.2) is 0 Å². The second kappa shape index (κ2) is 14.0. The number of halogens is 2. The van der Waals surface area contributed by atoms with Crippen LogP contribution in [0.15, 0.2) is 195 Å². The zero-order valence-electron chi connectivity index (χ0n) is 35.2. The van der Waals surface area contributed by atoms with Crippen molar-refractivity contribution in [3.05, 3.63) is 205 Å². The van der Waals surface area contributed by atoms with E-state index in [9.17, 15) is 8.78 Å². The smallest absolute Gasteiger partial charge is 0.159 e. The second-order valence-corrected chi connectivity index (χ2v) is 16.8. The van der Waals surface area contributed by atoms with Gasteiger partial charge in [-0.2, -0.15) is 0 Å². The van der Waals surface area contributed by atoms with Crippen molar-refractivity contribution in [2.75, 3.05) is 9.80 Å². The highest BCUT2D eigenvalue weighted by molar-refractivity contribution is 6.26. The van der Waals surface area contributed by atoms with Crippen LogP contribution in [0, 0.1) is 25.5 Å². The minimum absolute atomic E-state index is 0.328. The molecule has 0 saturated heterocycles. The fraction of sp³-hybridized carbons (Fsp3) is 0.0345. The van der Waals surface area contributed by atoms with Crippen molar-refractivity contribution in [3.63, 3.8) is 0 Å². The molecule has 0 aliphatic heterocycles. The predicted molar refractivity (Wildman–Crippen MR) is 262 cm³/mol. The van der Waals surface area contributed by atoms with Crippen LogP contribution in [0.25, 0.3) is 87.4 Å². The van der Waals surface area contributed by atoms with Crippen molar-refractivity contribution in [2.24, 2.45) is 0 Å². The molecule has 13 aromatic rings. The molecular weight excluding hydrogens is 811 g/mol. The van der Waals surface area contributed by atoms with E-state index in [-0.39, 0.29) is 11.6 Å². The van der Waals surface area contributed by atoms with Crippen LogP contribution in [0.4, 0.5) is 42.9 Å². The summed E-state index contributed by atoms with van der Waals surface area (Å²) in [5.74, 6) is -0.656. The van der Waals surface area contributed by atoms with Gasteiger partial charge in [0.1, 0.15) is 34.0 Å². The summed E-state index contributed by atoms with van der Waals surface area (Å²) >= 11 is 0. The number of nitrogens with zero attached hydrogens (tertiary/aromatic N) is 2. The van der Waals surface area contributed by atoms with E-state index >= 15 is 0 Å². The zero-order valence-corrected chi connectivity index (χ0v) is 35.2. The summed E-state index contributed by atoms with van der Waals surface area (Å²) in [6, 6.07) is 58.8. The summed E-state index contributed by atoms with van der Waals surface area (Å²) in [5.41, 5.74) is 11.5. The number of para-hydroxylation sites is 4. The molecule has 13 rings (SSSR count). The Morgan fingerprint density at radius 3 is 1.03 bits per heavy atom. The maximum Gasteiger partial charge on any atom is 0.159 e. The van der Waals surface area contributed by atoms with Gasteiger partial charge < -0.3 is 23.1 Å². The van der Waals surface area contributed by atoms with Crippen molar-refractivity contribution < 1.29 is 22.0 Å². The summed E-state index contributed by atoms with van der Waals surface area (Å²) in [6.45, 7) is 4.11. The highest BCUT2D eigenvalue weighted by Crippen LogP contribution is 2.51. The summed E-state index contributed by atoms with van der Waals surface area (Å²) in [4.78, 5) is 4.33. The maximum absolute atomic E-state index is 14.8. The molecule has 3 aromatic heterocycles. The number of hydrogen-bond acceptors (Lipinski definition) is 5. The Balaban J connectivity index is 1.13. The van der Waals surface area contributed by atoms with Gasteiger partial charge in [0.05, 0.1) is 22.7 Å². The molecular formula is C58H36F2N2O3. The first-order chi connectivity index (χ1) is 31.9. The van der Waals surface area contributed by atoms with Crippen LogP contribution in [0.5, 0.6) is 0 Å². The first-order valence-electron chi connectivity index (χ1n) is 21.6. The molecule has 0 atom stereocenters. The normalized spacial score (nSPS) is 12.0. The lowest BCUT2D eigenvalue weighted by Crippen LogP contribution is -2.11. The van der Waals surface area contributed by atoms with Crippen molar-refractivity contribution in [1.82, 2.24) is 0 Å². The number of hydrogen-bond donors (Lipinski definition) is 0. The van der Waals surface area contributed by atoms with Crippen LogP contribution in [0.1, 0.15) is 11.1 Å². The molecule has 3 heterocycles. The van der Waals surface area contributed by atoms with E-state index in [2.05, 4.69) is 121 Å². The van der Waals surface area contributed by atoms with Crippen LogP contribution in [0.2, 0.25) is 0 Å². The maximum atomic E-state index is 14.8. The molecule has 10 aromatic carbocycles. The Morgan fingerprint density at radius 1 is 0.292 bits per heavy atom. The SMILES string of the molecule is Cc1cccc2c1oc1c(N(c3ccc(F)cc3)c3cc4c5cc(N(c6ccc(F)cc6)c6cccc7c6oc6c(C)cccc67)c6ccccc6c5oc4c4ccccc34)cccc12. The Labute approximate surface area is 370 Å².